The summed E-state index contributed by atoms with van der Waals surface area (Å²) in [5, 5.41) is 0. The van der Waals surface area contributed by atoms with E-state index < -0.39 is 10.0 Å². The summed E-state index contributed by atoms with van der Waals surface area (Å²) in [6.45, 7) is 7.03. The summed E-state index contributed by atoms with van der Waals surface area (Å²) in [5.74, 6) is 0.0566. The molecule has 0 amide bonds. The Labute approximate surface area is 208 Å². The smallest absolute Gasteiger partial charge is 0.318 e. The predicted octanol–water partition coefficient (Wildman–Crippen LogP) is 3.76. The van der Waals surface area contributed by atoms with Crippen LogP contribution in [0.1, 0.15) is 50.5 Å². The van der Waals surface area contributed by atoms with E-state index >= 15 is 0 Å². The first-order valence-electron chi connectivity index (χ1n) is 12.8. The van der Waals surface area contributed by atoms with Crippen molar-refractivity contribution in [2.45, 2.75) is 55.9 Å². The highest BCUT2D eigenvalue weighted by molar-refractivity contribution is 7.89. The molecule has 6 rings (SSSR count). The van der Waals surface area contributed by atoms with E-state index in [-0.39, 0.29) is 22.8 Å². The van der Waals surface area contributed by atoms with Crippen LogP contribution in [-0.4, -0.2) is 58.1 Å². The molecule has 7 nitrogen and oxygen atoms in total. The number of fused-ring (bicyclic) bond motifs is 3. The van der Waals surface area contributed by atoms with Crippen LogP contribution in [0.4, 0.5) is 5.69 Å². The number of sulfonamides is 1. The van der Waals surface area contributed by atoms with Crippen molar-refractivity contribution in [1.82, 2.24) is 9.62 Å². The van der Waals surface area contributed by atoms with E-state index in [2.05, 4.69) is 26.7 Å². The van der Waals surface area contributed by atoms with Crippen molar-refractivity contribution < 1.29 is 17.9 Å². The molecule has 4 saturated heterocycles. The van der Waals surface area contributed by atoms with Gasteiger partial charge >= 0.3 is 5.97 Å². The van der Waals surface area contributed by atoms with Gasteiger partial charge in [0.15, 0.2) is 0 Å². The monoisotopic (exact) mass is 497 g/mol. The summed E-state index contributed by atoms with van der Waals surface area (Å²) >= 11 is 0. The van der Waals surface area contributed by atoms with Crippen molar-refractivity contribution in [1.29, 1.82) is 0 Å². The molecule has 0 aromatic heterocycles. The van der Waals surface area contributed by atoms with Crippen LogP contribution in [0.25, 0.3) is 0 Å². The van der Waals surface area contributed by atoms with Crippen LogP contribution in [-0.2, 0) is 14.8 Å². The van der Waals surface area contributed by atoms with E-state index in [4.69, 9.17) is 4.74 Å². The van der Waals surface area contributed by atoms with Crippen LogP contribution in [0, 0.1) is 5.92 Å². The molecule has 0 aliphatic carbocycles. The lowest BCUT2D eigenvalue weighted by Crippen LogP contribution is -2.57. The maximum atomic E-state index is 12.9. The van der Waals surface area contributed by atoms with Crippen LogP contribution < -0.4 is 14.4 Å². The third-order valence-electron chi connectivity index (χ3n) is 7.77. The van der Waals surface area contributed by atoms with Gasteiger partial charge in [-0.2, -0.15) is 0 Å². The number of piperidine rings is 3. The molecule has 4 heterocycles. The second-order valence-electron chi connectivity index (χ2n) is 10.0. The quantitative estimate of drug-likeness (QED) is 0.442. The first kappa shape index (κ1) is 24.3. The van der Waals surface area contributed by atoms with Crippen molar-refractivity contribution in [3.05, 3.63) is 54.1 Å². The van der Waals surface area contributed by atoms with Crippen molar-refractivity contribution in [3.8, 4) is 5.75 Å². The molecule has 2 atom stereocenters. The largest absolute Gasteiger partial charge is 0.426 e. The number of nitrogens with one attached hydrogen (secondary N) is 1. The van der Waals surface area contributed by atoms with E-state index in [0.29, 0.717) is 18.1 Å². The number of ether oxygens (including phenoxy) is 1. The Hall–Kier alpha value is -2.42. The highest BCUT2D eigenvalue weighted by Gasteiger charge is 2.36. The fourth-order valence-electron chi connectivity index (χ4n) is 5.67. The van der Waals surface area contributed by atoms with Gasteiger partial charge in [-0.1, -0.05) is 19.1 Å². The minimum atomic E-state index is -3.62. The maximum Gasteiger partial charge on any atom is 0.318 e. The first-order valence-corrected chi connectivity index (χ1v) is 14.3. The molecule has 0 spiro atoms. The zero-order valence-electron chi connectivity index (χ0n) is 20.4. The van der Waals surface area contributed by atoms with Gasteiger partial charge in [-0.3, -0.25) is 4.79 Å². The molecule has 4 aliphatic heterocycles. The number of rotatable bonds is 8. The van der Waals surface area contributed by atoms with Gasteiger partial charge in [0.25, 0.3) is 0 Å². The molecular formula is C27H35N3O4S. The average Bonchev–Trinajstić information content (AvgIpc) is 3.41. The van der Waals surface area contributed by atoms with Crippen LogP contribution in [0.15, 0.2) is 53.4 Å². The van der Waals surface area contributed by atoms with Gasteiger partial charge in [0.05, 0.1) is 10.8 Å². The summed E-state index contributed by atoms with van der Waals surface area (Å²) in [6.07, 6.45) is 5.16. The molecule has 188 valence electrons. The standard InChI is InChI=1S/C27H35N3O4S/c1-2-25(20-5-7-22(8-6-20)30-15-3-4-16-30)27(31)34-23-9-11-24(12-10-23)35(32,33)28-26-19-29-17-13-21(26)14-18-29/h5-12,21,25-26,28H,2-4,13-19H2,1H3. The lowest BCUT2D eigenvalue weighted by molar-refractivity contribution is -0.136. The molecule has 2 aromatic rings. The molecule has 8 heteroatoms. The van der Waals surface area contributed by atoms with Crippen LogP contribution in [0.2, 0.25) is 0 Å². The number of anilines is 1. The van der Waals surface area contributed by atoms with E-state index in [1.807, 2.05) is 19.1 Å². The minimum absolute atomic E-state index is 0.0397. The van der Waals surface area contributed by atoms with Gasteiger partial charge in [-0.05, 0) is 93.1 Å². The lowest BCUT2D eigenvalue weighted by atomic mass is 9.85. The molecule has 4 fully saturated rings. The van der Waals surface area contributed by atoms with Crippen molar-refractivity contribution >= 4 is 21.7 Å². The molecule has 2 aromatic carbocycles. The van der Waals surface area contributed by atoms with Gasteiger partial charge in [0.1, 0.15) is 5.75 Å². The summed E-state index contributed by atoms with van der Waals surface area (Å²) in [5.41, 5.74) is 2.12. The number of nitrogens with zero attached hydrogens (tertiary/aromatic N) is 2. The molecule has 1 N–H and O–H groups in total. The zero-order valence-corrected chi connectivity index (χ0v) is 21.2. The Morgan fingerprint density at radius 3 is 2.23 bits per heavy atom. The lowest BCUT2D eigenvalue weighted by Gasteiger charge is -2.44. The summed E-state index contributed by atoms with van der Waals surface area (Å²) in [7, 11) is -3.62. The molecule has 2 bridgehead atoms. The first-order chi connectivity index (χ1) is 16.9. The van der Waals surface area contributed by atoms with E-state index in [9.17, 15) is 13.2 Å². The number of benzene rings is 2. The third-order valence-corrected chi connectivity index (χ3v) is 9.28. The highest BCUT2D eigenvalue weighted by Crippen LogP contribution is 2.30. The topological polar surface area (TPSA) is 78.9 Å². The zero-order chi connectivity index (χ0) is 24.4. The van der Waals surface area contributed by atoms with E-state index in [0.717, 1.165) is 51.1 Å². The summed E-state index contributed by atoms with van der Waals surface area (Å²) in [4.78, 5) is 17.8. The van der Waals surface area contributed by atoms with Gasteiger partial charge in [-0.15, -0.1) is 0 Å². The predicted molar refractivity (Wildman–Crippen MR) is 136 cm³/mol. The minimum Gasteiger partial charge on any atom is -0.426 e. The Kier molecular flexibility index (Phi) is 7.14. The van der Waals surface area contributed by atoms with Gasteiger partial charge in [-0.25, -0.2) is 13.1 Å². The van der Waals surface area contributed by atoms with E-state index in [1.165, 1.54) is 30.7 Å². The molecule has 0 radical (unpaired) electrons. The SMILES string of the molecule is CCC(C(=O)Oc1ccc(S(=O)(=O)NC2CN3CCC2CC3)cc1)c1ccc(N2CCCC2)cc1. The molecule has 2 unspecified atom stereocenters. The second kappa shape index (κ2) is 10.3. The molecule has 4 aliphatic rings. The molecular weight excluding hydrogens is 462 g/mol. The number of esters is 1. The Morgan fingerprint density at radius 1 is 1.00 bits per heavy atom. The van der Waals surface area contributed by atoms with Crippen molar-refractivity contribution in [2.75, 3.05) is 37.6 Å². The Morgan fingerprint density at radius 2 is 1.66 bits per heavy atom. The summed E-state index contributed by atoms with van der Waals surface area (Å²) < 4.78 is 34.4. The van der Waals surface area contributed by atoms with E-state index in [1.54, 1.807) is 12.1 Å². The Bertz CT molecular complexity index is 1120. The number of hydrogen-bond donors (Lipinski definition) is 1. The fourth-order valence-corrected chi connectivity index (χ4v) is 6.97. The van der Waals surface area contributed by atoms with Crippen LogP contribution in [0.5, 0.6) is 5.75 Å². The third kappa shape index (κ3) is 5.39. The van der Waals surface area contributed by atoms with Gasteiger partial charge in [0, 0.05) is 31.4 Å². The average molecular weight is 498 g/mol. The maximum absolute atomic E-state index is 12.9. The highest BCUT2D eigenvalue weighted by atomic mass is 32.2. The molecule has 35 heavy (non-hydrogen) atoms. The number of carbonyl (C=O) groups excluding carboxylic acids is 1. The number of hydrogen-bond acceptors (Lipinski definition) is 6. The number of carbonyl (C=O) groups is 1. The van der Waals surface area contributed by atoms with Gasteiger partial charge < -0.3 is 14.5 Å². The van der Waals surface area contributed by atoms with Gasteiger partial charge in [0.2, 0.25) is 10.0 Å². The fraction of sp³-hybridized carbons (Fsp3) is 0.519. The van der Waals surface area contributed by atoms with Crippen molar-refractivity contribution in [2.24, 2.45) is 5.92 Å². The normalized spacial score (nSPS) is 24.9. The van der Waals surface area contributed by atoms with Crippen LogP contribution >= 0.6 is 0 Å². The second-order valence-corrected chi connectivity index (χ2v) is 11.7. The Balaban J connectivity index is 1.21. The van der Waals surface area contributed by atoms with Crippen molar-refractivity contribution in [3.63, 3.8) is 0 Å². The summed E-state index contributed by atoms with van der Waals surface area (Å²) in [6, 6.07) is 14.3. The molecule has 0 saturated carbocycles. The van der Waals surface area contributed by atoms with Crippen LogP contribution in [0.3, 0.4) is 0 Å².